The summed E-state index contributed by atoms with van der Waals surface area (Å²) >= 11 is 5.77. The first kappa shape index (κ1) is 14.7. The molecule has 2 rings (SSSR count). The van der Waals surface area contributed by atoms with Crippen LogP contribution in [0.4, 0.5) is 14.5 Å². The first-order valence-electron chi connectivity index (χ1n) is 5.35. The summed E-state index contributed by atoms with van der Waals surface area (Å²) in [5.41, 5.74) is 0.262. The molecule has 0 aliphatic carbocycles. The highest BCUT2D eigenvalue weighted by Crippen LogP contribution is 2.26. The van der Waals surface area contributed by atoms with E-state index in [-0.39, 0.29) is 22.1 Å². The minimum Gasteiger partial charge on any atom is -0.284 e. The largest absolute Gasteiger partial charge is 0.284 e. The van der Waals surface area contributed by atoms with E-state index in [9.17, 15) is 17.2 Å². The molecule has 0 saturated carbocycles. The van der Waals surface area contributed by atoms with Crippen LogP contribution in [0, 0.1) is 11.6 Å². The molecular formula is C12H9ClF2N2O2S. The molecular weight excluding hydrogens is 310 g/mol. The summed E-state index contributed by atoms with van der Waals surface area (Å²) in [5, 5.41) is -0.0163. The van der Waals surface area contributed by atoms with Gasteiger partial charge in [0.15, 0.2) is 0 Å². The van der Waals surface area contributed by atoms with Crippen molar-refractivity contribution in [3.05, 3.63) is 47.1 Å². The van der Waals surface area contributed by atoms with Gasteiger partial charge in [0.2, 0.25) is 10.0 Å². The third-order valence-corrected chi connectivity index (χ3v) is 3.10. The molecule has 1 aromatic heterocycles. The summed E-state index contributed by atoms with van der Waals surface area (Å²) in [4.78, 5) is 3.89. The summed E-state index contributed by atoms with van der Waals surface area (Å²) in [6.45, 7) is 0. The lowest BCUT2D eigenvalue weighted by molar-refractivity contribution is 0.585. The number of nitrogens with zero attached hydrogens (tertiary/aromatic N) is 1. The lowest BCUT2D eigenvalue weighted by atomic mass is 10.1. The summed E-state index contributed by atoms with van der Waals surface area (Å²) < 4.78 is 51.1. The number of anilines is 1. The van der Waals surface area contributed by atoms with Crippen LogP contribution in [0.3, 0.4) is 0 Å². The summed E-state index contributed by atoms with van der Waals surface area (Å²) in [7, 11) is -3.50. The molecule has 0 radical (unpaired) electrons. The van der Waals surface area contributed by atoms with E-state index in [1.807, 2.05) is 0 Å². The second-order valence-corrected chi connectivity index (χ2v) is 6.20. The Morgan fingerprint density at radius 2 is 1.90 bits per heavy atom. The van der Waals surface area contributed by atoms with Gasteiger partial charge in [-0.1, -0.05) is 11.6 Å². The van der Waals surface area contributed by atoms with Gasteiger partial charge in [-0.2, -0.15) is 0 Å². The van der Waals surface area contributed by atoms with E-state index < -0.39 is 21.7 Å². The maximum absolute atomic E-state index is 13.7. The van der Waals surface area contributed by atoms with Crippen LogP contribution in [0.2, 0.25) is 5.15 Å². The average Bonchev–Trinajstić information content (AvgIpc) is 2.25. The quantitative estimate of drug-likeness (QED) is 0.885. The van der Waals surface area contributed by atoms with Crippen LogP contribution in [0.15, 0.2) is 30.3 Å². The predicted molar refractivity (Wildman–Crippen MR) is 73.1 cm³/mol. The Hall–Kier alpha value is -1.73. The smallest absolute Gasteiger partial charge is 0.229 e. The van der Waals surface area contributed by atoms with Crippen molar-refractivity contribution in [3.8, 4) is 11.3 Å². The topological polar surface area (TPSA) is 59.1 Å². The van der Waals surface area contributed by atoms with Crippen molar-refractivity contribution < 1.29 is 17.2 Å². The van der Waals surface area contributed by atoms with Crippen LogP contribution in [0.5, 0.6) is 0 Å². The third kappa shape index (κ3) is 3.64. The number of benzene rings is 1. The van der Waals surface area contributed by atoms with Gasteiger partial charge < -0.3 is 0 Å². The molecule has 1 N–H and O–H groups in total. The number of sulfonamides is 1. The maximum Gasteiger partial charge on any atom is 0.229 e. The Bertz CT molecular complexity index is 766. The van der Waals surface area contributed by atoms with Crippen LogP contribution in [-0.4, -0.2) is 19.7 Å². The van der Waals surface area contributed by atoms with Crippen molar-refractivity contribution in [1.29, 1.82) is 0 Å². The Morgan fingerprint density at radius 3 is 2.50 bits per heavy atom. The molecule has 0 amide bonds. The standard InChI is InChI=1S/C12H9ClF2N2O2S/c1-20(18,19)17-8-5-11(16-12(13)6-8)9-3-2-7(14)4-10(9)15/h2-6H,1H3,(H,16,17). The minimum absolute atomic E-state index is 0.0163. The zero-order valence-electron chi connectivity index (χ0n) is 10.2. The van der Waals surface area contributed by atoms with Crippen LogP contribution >= 0.6 is 11.6 Å². The van der Waals surface area contributed by atoms with Crippen LogP contribution in [-0.2, 0) is 10.0 Å². The molecule has 0 fully saturated rings. The van der Waals surface area contributed by atoms with Crippen molar-refractivity contribution in [1.82, 2.24) is 4.98 Å². The molecule has 8 heteroatoms. The van der Waals surface area contributed by atoms with E-state index in [0.29, 0.717) is 6.07 Å². The average molecular weight is 319 g/mol. The van der Waals surface area contributed by atoms with Crippen molar-refractivity contribution >= 4 is 27.3 Å². The van der Waals surface area contributed by atoms with E-state index in [0.717, 1.165) is 12.3 Å². The fraction of sp³-hybridized carbons (Fsp3) is 0.0833. The fourth-order valence-corrected chi connectivity index (χ4v) is 2.36. The van der Waals surface area contributed by atoms with Gasteiger partial charge in [-0.25, -0.2) is 22.2 Å². The molecule has 0 aliphatic heterocycles. The summed E-state index contributed by atoms with van der Waals surface area (Å²) in [6.07, 6.45) is 0.972. The summed E-state index contributed by atoms with van der Waals surface area (Å²) in [5.74, 6) is -1.53. The Balaban J connectivity index is 2.52. The Kier molecular flexibility index (Phi) is 3.92. The highest BCUT2D eigenvalue weighted by Gasteiger charge is 2.11. The Labute approximate surface area is 119 Å². The van der Waals surface area contributed by atoms with E-state index >= 15 is 0 Å². The number of nitrogens with one attached hydrogen (secondary N) is 1. The third-order valence-electron chi connectivity index (χ3n) is 2.30. The molecule has 0 aliphatic rings. The van der Waals surface area contributed by atoms with Gasteiger partial charge >= 0.3 is 0 Å². The van der Waals surface area contributed by atoms with Crippen LogP contribution in [0.25, 0.3) is 11.3 Å². The van der Waals surface area contributed by atoms with Crippen LogP contribution in [0.1, 0.15) is 0 Å². The number of hydrogen-bond donors (Lipinski definition) is 1. The van der Waals surface area contributed by atoms with Crippen molar-refractivity contribution in [3.63, 3.8) is 0 Å². The number of pyridine rings is 1. The number of halogens is 3. The first-order valence-corrected chi connectivity index (χ1v) is 7.62. The summed E-state index contributed by atoms with van der Waals surface area (Å²) in [6, 6.07) is 5.58. The molecule has 1 aromatic carbocycles. The lowest BCUT2D eigenvalue weighted by Crippen LogP contribution is -2.09. The van der Waals surface area contributed by atoms with Crippen molar-refractivity contribution in [2.75, 3.05) is 11.0 Å². The highest BCUT2D eigenvalue weighted by molar-refractivity contribution is 7.92. The molecule has 1 heterocycles. The SMILES string of the molecule is CS(=O)(=O)Nc1cc(Cl)nc(-c2ccc(F)cc2F)c1. The van der Waals surface area contributed by atoms with E-state index in [1.165, 1.54) is 18.2 Å². The number of aromatic nitrogens is 1. The van der Waals surface area contributed by atoms with Crippen LogP contribution < -0.4 is 4.72 Å². The van der Waals surface area contributed by atoms with Gasteiger partial charge in [-0.15, -0.1) is 0 Å². The number of hydrogen-bond acceptors (Lipinski definition) is 3. The normalized spacial score (nSPS) is 11.4. The second kappa shape index (κ2) is 5.34. The molecule has 0 spiro atoms. The molecule has 0 saturated heterocycles. The predicted octanol–water partition coefficient (Wildman–Crippen LogP) is 3.05. The van der Waals surface area contributed by atoms with E-state index in [4.69, 9.17) is 11.6 Å². The fourth-order valence-electron chi connectivity index (χ4n) is 1.61. The maximum atomic E-state index is 13.7. The highest BCUT2D eigenvalue weighted by atomic mass is 35.5. The van der Waals surface area contributed by atoms with E-state index in [2.05, 4.69) is 9.71 Å². The van der Waals surface area contributed by atoms with Gasteiger partial charge in [-0.3, -0.25) is 4.72 Å². The van der Waals surface area contributed by atoms with Gasteiger partial charge in [0.05, 0.1) is 17.6 Å². The zero-order valence-corrected chi connectivity index (χ0v) is 11.8. The van der Waals surface area contributed by atoms with Crippen molar-refractivity contribution in [2.24, 2.45) is 0 Å². The number of rotatable bonds is 3. The zero-order chi connectivity index (χ0) is 14.9. The second-order valence-electron chi connectivity index (χ2n) is 4.06. The molecule has 2 aromatic rings. The molecule has 0 unspecified atom stereocenters. The van der Waals surface area contributed by atoms with Gasteiger partial charge in [0.1, 0.15) is 16.8 Å². The van der Waals surface area contributed by atoms with Gasteiger partial charge in [0, 0.05) is 11.6 Å². The monoisotopic (exact) mass is 318 g/mol. The minimum atomic E-state index is -3.50. The lowest BCUT2D eigenvalue weighted by Gasteiger charge is -2.08. The van der Waals surface area contributed by atoms with Crippen molar-refractivity contribution in [2.45, 2.75) is 0 Å². The molecule has 0 atom stereocenters. The van der Waals surface area contributed by atoms with Gasteiger partial charge in [0.25, 0.3) is 0 Å². The van der Waals surface area contributed by atoms with E-state index in [1.54, 1.807) is 0 Å². The molecule has 0 bridgehead atoms. The molecule has 20 heavy (non-hydrogen) atoms. The first-order chi connectivity index (χ1) is 9.24. The molecule has 4 nitrogen and oxygen atoms in total. The Morgan fingerprint density at radius 1 is 1.20 bits per heavy atom. The van der Waals surface area contributed by atoms with Gasteiger partial charge in [-0.05, 0) is 24.3 Å². The molecule has 106 valence electrons.